The van der Waals surface area contributed by atoms with Crippen molar-refractivity contribution in [1.29, 1.82) is 0 Å². The fraction of sp³-hybridized carbons (Fsp3) is 0.444. The van der Waals surface area contributed by atoms with E-state index < -0.39 is 0 Å². The summed E-state index contributed by atoms with van der Waals surface area (Å²) in [5.41, 5.74) is 7.23. The van der Waals surface area contributed by atoms with Crippen LogP contribution in [-0.4, -0.2) is 29.8 Å². The van der Waals surface area contributed by atoms with Crippen molar-refractivity contribution >= 4 is 17.2 Å². The average Bonchev–Trinajstić information content (AvgIpc) is 3.28. The number of rotatable bonds is 7. The lowest BCUT2D eigenvalue weighted by molar-refractivity contribution is -0.122. The summed E-state index contributed by atoms with van der Waals surface area (Å²) in [5.74, 6) is 1.43. The minimum Gasteiger partial charge on any atom is -0.454 e. The molecular formula is C18H23N3O3S. The van der Waals surface area contributed by atoms with Crippen LogP contribution in [0.5, 0.6) is 11.5 Å². The Kier molecular flexibility index (Phi) is 5.24. The molecule has 0 atom stereocenters. The summed E-state index contributed by atoms with van der Waals surface area (Å²) in [7, 11) is 0. The summed E-state index contributed by atoms with van der Waals surface area (Å²) < 4.78 is 10.7. The zero-order valence-electron chi connectivity index (χ0n) is 14.5. The maximum absolute atomic E-state index is 12.4. The van der Waals surface area contributed by atoms with Gasteiger partial charge in [0.1, 0.15) is 5.01 Å². The van der Waals surface area contributed by atoms with Crippen LogP contribution in [0.4, 0.5) is 0 Å². The second kappa shape index (κ2) is 7.41. The van der Waals surface area contributed by atoms with Gasteiger partial charge in [-0.25, -0.2) is 4.98 Å². The van der Waals surface area contributed by atoms with Crippen molar-refractivity contribution in [2.75, 3.05) is 13.3 Å². The van der Waals surface area contributed by atoms with E-state index in [4.69, 9.17) is 15.2 Å². The van der Waals surface area contributed by atoms with Crippen LogP contribution >= 0.6 is 11.3 Å². The van der Waals surface area contributed by atoms with E-state index in [-0.39, 0.29) is 24.7 Å². The van der Waals surface area contributed by atoms with Crippen molar-refractivity contribution in [1.82, 2.24) is 10.3 Å². The normalized spacial score (nSPS) is 13.1. The number of ether oxygens (including phenoxy) is 2. The van der Waals surface area contributed by atoms with Gasteiger partial charge in [0.25, 0.3) is 0 Å². The first-order chi connectivity index (χ1) is 12.1. The molecule has 6 nitrogen and oxygen atoms in total. The molecule has 1 amide bonds. The zero-order valence-corrected chi connectivity index (χ0v) is 15.3. The van der Waals surface area contributed by atoms with Gasteiger partial charge in [0.15, 0.2) is 11.5 Å². The van der Waals surface area contributed by atoms with E-state index in [1.165, 1.54) is 11.3 Å². The first kappa shape index (κ1) is 17.7. The van der Waals surface area contributed by atoms with Crippen LogP contribution in [0.2, 0.25) is 0 Å². The Bertz CT molecular complexity index is 748. The molecule has 1 aliphatic heterocycles. The lowest BCUT2D eigenvalue weighted by Gasteiger charge is -2.31. The SMILES string of the molecule is CCC(CC)(CN)NC(=O)Cc1csc(-c2ccc3c(c2)OCO3)n1. The largest absolute Gasteiger partial charge is 0.454 e. The molecule has 0 saturated carbocycles. The highest BCUT2D eigenvalue weighted by Crippen LogP contribution is 2.36. The van der Waals surface area contributed by atoms with Crippen LogP contribution in [0, 0.1) is 0 Å². The Labute approximate surface area is 151 Å². The van der Waals surface area contributed by atoms with Crippen molar-refractivity contribution in [3.05, 3.63) is 29.3 Å². The van der Waals surface area contributed by atoms with Crippen molar-refractivity contribution < 1.29 is 14.3 Å². The molecule has 3 rings (SSSR count). The van der Waals surface area contributed by atoms with Gasteiger partial charge < -0.3 is 20.5 Å². The highest BCUT2D eigenvalue weighted by Gasteiger charge is 2.26. The van der Waals surface area contributed by atoms with E-state index in [0.717, 1.165) is 40.6 Å². The van der Waals surface area contributed by atoms with Gasteiger partial charge in [-0.1, -0.05) is 13.8 Å². The maximum atomic E-state index is 12.4. The summed E-state index contributed by atoms with van der Waals surface area (Å²) in [4.78, 5) is 16.9. The minimum atomic E-state index is -0.326. The Morgan fingerprint density at radius 2 is 2.08 bits per heavy atom. The predicted octanol–water partition coefficient (Wildman–Crippen LogP) is 2.72. The molecule has 0 fully saturated rings. The number of carbonyl (C=O) groups excluding carboxylic acids is 1. The third-order valence-corrected chi connectivity index (χ3v) is 5.60. The summed E-state index contributed by atoms with van der Waals surface area (Å²) in [5, 5.41) is 5.85. The van der Waals surface area contributed by atoms with Gasteiger partial charge in [-0.05, 0) is 31.0 Å². The van der Waals surface area contributed by atoms with E-state index in [2.05, 4.69) is 10.3 Å². The first-order valence-electron chi connectivity index (χ1n) is 8.44. The number of fused-ring (bicyclic) bond motifs is 1. The molecule has 2 aromatic rings. The molecule has 0 radical (unpaired) electrons. The van der Waals surface area contributed by atoms with Gasteiger partial charge in [0, 0.05) is 17.5 Å². The Balaban J connectivity index is 1.68. The van der Waals surface area contributed by atoms with Gasteiger partial charge in [-0.15, -0.1) is 11.3 Å². The van der Waals surface area contributed by atoms with E-state index in [9.17, 15) is 4.79 Å². The molecule has 1 aromatic heterocycles. The van der Waals surface area contributed by atoms with Gasteiger partial charge in [-0.2, -0.15) is 0 Å². The number of hydrogen-bond donors (Lipinski definition) is 2. The van der Waals surface area contributed by atoms with E-state index >= 15 is 0 Å². The topological polar surface area (TPSA) is 86.5 Å². The molecule has 25 heavy (non-hydrogen) atoms. The highest BCUT2D eigenvalue weighted by atomic mass is 32.1. The number of thiazole rings is 1. The summed E-state index contributed by atoms with van der Waals surface area (Å²) in [6.07, 6.45) is 1.87. The molecule has 7 heteroatoms. The standard InChI is InChI=1S/C18H23N3O3S/c1-3-18(4-2,10-19)21-16(22)8-13-9-25-17(20-13)12-5-6-14-15(7-12)24-11-23-14/h5-7,9H,3-4,8,10-11,19H2,1-2H3,(H,21,22). The number of hydrogen-bond acceptors (Lipinski definition) is 6. The Hall–Kier alpha value is -2.12. The summed E-state index contributed by atoms with van der Waals surface area (Å²) >= 11 is 1.51. The van der Waals surface area contributed by atoms with Gasteiger partial charge in [0.05, 0.1) is 17.7 Å². The number of carbonyl (C=O) groups is 1. The number of aromatic nitrogens is 1. The molecule has 0 saturated heterocycles. The first-order valence-corrected chi connectivity index (χ1v) is 9.32. The molecule has 0 spiro atoms. The fourth-order valence-corrected chi connectivity index (χ4v) is 3.64. The number of benzene rings is 1. The van der Waals surface area contributed by atoms with Crippen molar-refractivity contribution in [3.63, 3.8) is 0 Å². The number of nitrogens with one attached hydrogen (secondary N) is 1. The second-order valence-electron chi connectivity index (χ2n) is 6.13. The average molecular weight is 361 g/mol. The highest BCUT2D eigenvalue weighted by molar-refractivity contribution is 7.13. The molecule has 1 aliphatic rings. The van der Waals surface area contributed by atoms with Crippen molar-refractivity contribution in [2.24, 2.45) is 5.73 Å². The van der Waals surface area contributed by atoms with Gasteiger partial charge in [-0.3, -0.25) is 4.79 Å². The molecular weight excluding hydrogens is 338 g/mol. The van der Waals surface area contributed by atoms with Crippen LogP contribution < -0.4 is 20.5 Å². The maximum Gasteiger partial charge on any atom is 0.231 e. The molecule has 0 bridgehead atoms. The van der Waals surface area contributed by atoms with E-state index in [1.807, 2.05) is 37.4 Å². The number of amides is 1. The van der Waals surface area contributed by atoms with Crippen LogP contribution in [0.3, 0.4) is 0 Å². The minimum absolute atomic E-state index is 0.0447. The van der Waals surface area contributed by atoms with Crippen LogP contribution in [-0.2, 0) is 11.2 Å². The molecule has 1 aromatic carbocycles. The Morgan fingerprint density at radius 1 is 1.32 bits per heavy atom. The van der Waals surface area contributed by atoms with E-state index in [0.29, 0.717) is 6.54 Å². The lowest BCUT2D eigenvalue weighted by atomic mass is 9.92. The number of nitrogens with zero attached hydrogens (tertiary/aromatic N) is 1. The van der Waals surface area contributed by atoms with Crippen LogP contribution in [0.1, 0.15) is 32.4 Å². The van der Waals surface area contributed by atoms with Gasteiger partial charge in [0.2, 0.25) is 12.7 Å². The predicted molar refractivity (Wildman–Crippen MR) is 97.9 cm³/mol. The van der Waals surface area contributed by atoms with Crippen LogP contribution in [0.15, 0.2) is 23.6 Å². The van der Waals surface area contributed by atoms with Crippen LogP contribution in [0.25, 0.3) is 10.6 Å². The third-order valence-electron chi connectivity index (χ3n) is 4.66. The zero-order chi connectivity index (χ0) is 17.9. The summed E-state index contributed by atoms with van der Waals surface area (Å²) in [6, 6.07) is 5.74. The van der Waals surface area contributed by atoms with Crippen molar-refractivity contribution in [3.8, 4) is 22.1 Å². The fourth-order valence-electron chi connectivity index (χ4n) is 2.82. The molecule has 0 unspecified atom stereocenters. The van der Waals surface area contributed by atoms with Gasteiger partial charge >= 0.3 is 0 Å². The lowest BCUT2D eigenvalue weighted by Crippen LogP contribution is -2.53. The smallest absolute Gasteiger partial charge is 0.231 e. The second-order valence-corrected chi connectivity index (χ2v) is 6.99. The monoisotopic (exact) mass is 361 g/mol. The third kappa shape index (κ3) is 3.77. The summed E-state index contributed by atoms with van der Waals surface area (Å²) in [6.45, 7) is 4.76. The number of nitrogens with two attached hydrogens (primary N) is 1. The molecule has 3 N–H and O–H groups in total. The molecule has 134 valence electrons. The van der Waals surface area contributed by atoms with E-state index in [1.54, 1.807) is 0 Å². The Morgan fingerprint density at radius 3 is 2.80 bits per heavy atom. The molecule has 2 heterocycles. The van der Waals surface area contributed by atoms with Crippen molar-refractivity contribution in [2.45, 2.75) is 38.6 Å². The molecule has 0 aliphatic carbocycles. The quantitative estimate of drug-likeness (QED) is 0.792.